The minimum atomic E-state index is -5.10. The first kappa shape index (κ1) is 33.8. The minimum Gasteiger partial charge on any atom is -0.756 e. The SMILES string of the molecule is CC1CC2NC3C(=O)NC(=O)NC3N(C[C@H](O)[C@H](O)[C@H](O)COP(=O)([O-])O)C2CC1C.O.O.[Na+]. The molecule has 2 saturated heterocycles. The molecule has 0 aromatic carbocycles. The van der Waals surface area contributed by atoms with E-state index in [-0.39, 0.29) is 59.1 Å². The number of urea groups is 1. The Morgan fingerprint density at radius 2 is 1.74 bits per heavy atom. The van der Waals surface area contributed by atoms with Crippen LogP contribution in [0.5, 0.6) is 0 Å². The second kappa shape index (κ2) is 13.4. The number of hydrogen-bond acceptors (Lipinski definition) is 10. The van der Waals surface area contributed by atoms with E-state index in [4.69, 9.17) is 4.89 Å². The van der Waals surface area contributed by atoms with Gasteiger partial charge in [-0.1, -0.05) is 13.8 Å². The summed E-state index contributed by atoms with van der Waals surface area (Å²) in [5, 5.41) is 38.9. The van der Waals surface area contributed by atoms with Crippen molar-refractivity contribution in [3.05, 3.63) is 0 Å². The summed E-state index contributed by atoms with van der Waals surface area (Å²) in [6.07, 6.45) is -4.44. The maximum Gasteiger partial charge on any atom is 1.00 e. The van der Waals surface area contributed by atoms with Crippen LogP contribution in [0.1, 0.15) is 26.7 Å². The van der Waals surface area contributed by atoms with Gasteiger partial charge in [-0.2, -0.15) is 0 Å². The number of β-amino-alcohol motifs (C(OH)–C–C–N with tert-alkyl or cyclic N) is 1. The van der Waals surface area contributed by atoms with E-state index in [0.717, 1.165) is 12.8 Å². The predicted octanol–water partition coefficient (Wildman–Crippen LogP) is -7.86. The summed E-state index contributed by atoms with van der Waals surface area (Å²) in [4.78, 5) is 45.4. The van der Waals surface area contributed by atoms with Gasteiger partial charge in [-0.3, -0.25) is 24.9 Å². The first-order chi connectivity index (χ1) is 14.4. The first-order valence-electron chi connectivity index (χ1n) is 10.2. The average molecular weight is 524 g/mol. The number of carbonyl (C=O) groups is 2. The Morgan fingerprint density at radius 1 is 1.15 bits per heavy atom. The molecular weight excluding hydrogens is 490 g/mol. The number of carbonyl (C=O) groups excluding carboxylic acids is 2. The van der Waals surface area contributed by atoms with E-state index in [9.17, 15) is 34.4 Å². The molecule has 1 aliphatic carbocycles. The zero-order valence-electron chi connectivity index (χ0n) is 19.2. The Bertz CT molecular complexity index is 746. The molecule has 1 saturated carbocycles. The number of nitrogens with zero attached hydrogens (tertiary/aromatic N) is 1. The average Bonchev–Trinajstić information content (AvgIpc) is 2.67. The summed E-state index contributed by atoms with van der Waals surface area (Å²) in [7, 11) is -5.10. The fourth-order valence-electron chi connectivity index (χ4n) is 4.68. The zero-order valence-corrected chi connectivity index (χ0v) is 22.1. The number of aliphatic hydroxyl groups excluding tert-OH is 3. The van der Waals surface area contributed by atoms with Crippen molar-refractivity contribution in [1.82, 2.24) is 20.9 Å². The van der Waals surface area contributed by atoms with Crippen LogP contribution in [-0.4, -0.2) is 104 Å². The van der Waals surface area contributed by atoms with E-state index >= 15 is 0 Å². The zero-order chi connectivity index (χ0) is 23.1. The van der Waals surface area contributed by atoms with Crippen LogP contribution in [0.2, 0.25) is 0 Å². The van der Waals surface area contributed by atoms with E-state index in [1.165, 1.54) is 0 Å². The van der Waals surface area contributed by atoms with E-state index in [1.54, 1.807) is 4.90 Å². The second-order valence-corrected chi connectivity index (χ2v) is 9.93. The van der Waals surface area contributed by atoms with Gasteiger partial charge in [-0.25, -0.2) is 4.79 Å². The molecule has 34 heavy (non-hydrogen) atoms. The Morgan fingerprint density at radius 3 is 2.32 bits per heavy atom. The van der Waals surface area contributed by atoms with Crippen LogP contribution in [0.25, 0.3) is 0 Å². The first-order valence-corrected chi connectivity index (χ1v) is 11.7. The third kappa shape index (κ3) is 7.88. The topological polar surface area (TPSA) is 267 Å². The number of phosphoric acid groups is 1. The van der Waals surface area contributed by atoms with E-state index in [2.05, 4.69) is 34.3 Å². The fourth-order valence-corrected chi connectivity index (χ4v) is 5.02. The monoisotopic (exact) mass is 524 g/mol. The molecule has 3 fully saturated rings. The summed E-state index contributed by atoms with van der Waals surface area (Å²) in [5.74, 6) is 0.234. The number of piperazine rings is 1. The molecule has 0 aromatic rings. The van der Waals surface area contributed by atoms with Gasteiger partial charge in [0.15, 0.2) is 0 Å². The molecular formula is C17H34N4NaO11P. The number of fused-ring (bicyclic) bond motifs is 2. The molecule has 0 spiro atoms. The van der Waals surface area contributed by atoms with Crippen LogP contribution in [0.15, 0.2) is 0 Å². The van der Waals surface area contributed by atoms with Crippen LogP contribution in [0.4, 0.5) is 4.79 Å². The van der Waals surface area contributed by atoms with Crippen molar-refractivity contribution in [2.24, 2.45) is 11.8 Å². The van der Waals surface area contributed by atoms with Crippen LogP contribution < -0.4 is 50.4 Å². The van der Waals surface area contributed by atoms with Gasteiger partial charge in [0.2, 0.25) is 5.91 Å². The molecule has 3 rings (SSSR count). The molecule has 3 aliphatic rings. The summed E-state index contributed by atoms with van der Waals surface area (Å²) in [6.45, 7) is 3.07. The number of phosphoric ester groups is 1. The fraction of sp³-hybridized carbons (Fsp3) is 0.882. The normalized spacial score (nSPS) is 35.3. The maximum atomic E-state index is 12.4. The van der Waals surface area contributed by atoms with Crippen LogP contribution >= 0.6 is 7.82 Å². The van der Waals surface area contributed by atoms with Crippen LogP contribution in [0, 0.1) is 11.8 Å². The number of amides is 3. The summed E-state index contributed by atoms with van der Waals surface area (Å²) >= 11 is 0. The molecule has 3 amide bonds. The molecule has 2 aliphatic heterocycles. The summed E-state index contributed by atoms with van der Waals surface area (Å²) < 4.78 is 14.8. The van der Waals surface area contributed by atoms with Gasteiger partial charge < -0.3 is 45.9 Å². The molecule has 7 unspecified atom stereocenters. The van der Waals surface area contributed by atoms with Gasteiger partial charge in [-0.05, 0) is 24.7 Å². The van der Waals surface area contributed by atoms with Gasteiger partial charge in [-0.15, -0.1) is 0 Å². The van der Waals surface area contributed by atoms with Crippen molar-refractivity contribution in [1.29, 1.82) is 0 Å². The predicted molar refractivity (Wildman–Crippen MR) is 110 cm³/mol. The number of aliphatic hydroxyl groups is 3. The standard InChI is InChI=1S/C17H31N4O9P.Na.2H2O/c1-7-3-9-10(4-8(7)2)21(15-13(18-9)16(25)20-17(26)19-15)5-11(22)14(24)12(23)6-30-31(27,28)29;;;/h7-15,18,22-24H,3-6H2,1-2H3,(H2,27,28,29)(H2,19,20,25,26);;2*1H2/q;+1;;/p-1/t7?,8?,9?,10?,11-,12+,13?,14-,15?;;;/m0.../s1. The van der Waals surface area contributed by atoms with Crippen LogP contribution in [-0.2, 0) is 13.9 Å². The maximum absolute atomic E-state index is 12.4. The van der Waals surface area contributed by atoms with Crippen molar-refractivity contribution in [3.8, 4) is 0 Å². The largest absolute Gasteiger partial charge is 1.00 e. The Balaban J connectivity index is 0.00000363. The van der Waals surface area contributed by atoms with Crippen LogP contribution in [0.3, 0.4) is 0 Å². The van der Waals surface area contributed by atoms with Gasteiger partial charge in [0.05, 0.1) is 12.7 Å². The van der Waals surface area contributed by atoms with Crippen molar-refractivity contribution < 1.29 is 84.3 Å². The van der Waals surface area contributed by atoms with Gasteiger partial charge >= 0.3 is 35.6 Å². The van der Waals surface area contributed by atoms with Gasteiger partial charge in [0, 0.05) is 18.6 Å². The molecule has 11 N–H and O–H groups in total. The number of rotatable bonds is 7. The molecule has 0 aromatic heterocycles. The molecule has 2 heterocycles. The van der Waals surface area contributed by atoms with E-state index < -0.39 is 56.9 Å². The molecule has 194 valence electrons. The molecule has 15 nitrogen and oxygen atoms in total. The minimum absolute atomic E-state index is 0. The Labute approximate surface area is 218 Å². The third-order valence-corrected chi connectivity index (χ3v) is 7.04. The van der Waals surface area contributed by atoms with E-state index in [1.807, 2.05) is 0 Å². The van der Waals surface area contributed by atoms with Gasteiger partial charge in [0.25, 0.3) is 7.82 Å². The van der Waals surface area contributed by atoms with Crippen molar-refractivity contribution >= 4 is 19.8 Å². The van der Waals surface area contributed by atoms with E-state index in [0.29, 0.717) is 11.8 Å². The van der Waals surface area contributed by atoms with Crippen molar-refractivity contribution in [2.75, 3.05) is 13.2 Å². The Kier molecular flexibility index (Phi) is 13.3. The number of imide groups is 1. The summed E-state index contributed by atoms with van der Waals surface area (Å²) in [5.41, 5.74) is 0. The molecule has 10 atom stereocenters. The molecule has 0 bridgehead atoms. The number of nitrogens with one attached hydrogen (secondary N) is 3. The van der Waals surface area contributed by atoms with Crippen molar-refractivity contribution in [2.45, 2.75) is 69.3 Å². The van der Waals surface area contributed by atoms with Crippen molar-refractivity contribution in [3.63, 3.8) is 0 Å². The number of hydrogen-bond donors (Lipinski definition) is 7. The Hall–Kier alpha value is -0.230. The second-order valence-electron chi connectivity index (χ2n) is 8.74. The van der Waals surface area contributed by atoms with Gasteiger partial charge in [0.1, 0.15) is 24.4 Å². The smallest absolute Gasteiger partial charge is 0.756 e. The molecule has 0 radical (unpaired) electrons. The third-order valence-electron chi connectivity index (χ3n) is 6.56. The quantitative estimate of drug-likeness (QED) is 0.121. The summed E-state index contributed by atoms with van der Waals surface area (Å²) in [6, 6.07) is -1.69. The molecule has 17 heteroatoms.